The van der Waals surface area contributed by atoms with Crippen molar-refractivity contribution in [3.05, 3.63) is 41.2 Å². The van der Waals surface area contributed by atoms with Crippen molar-refractivity contribution in [3.8, 4) is 0 Å². The van der Waals surface area contributed by atoms with Gasteiger partial charge in [-0.2, -0.15) is 0 Å². The van der Waals surface area contributed by atoms with Crippen LogP contribution in [0.1, 0.15) is 34.5 Å². The van der Waals surface area contributed by atoms with E-state index in [0.29, 0.717) is 5.82 Å². The fourth-order valence-corrected chi connectivity index (χ4v) is 3.29. The lowest BCUT2D eigenvalue weighted by atomic mass is 10.0. The lowest BCUT2D eigenvalue weighted by Gasteiger charge is -2.25. The van der Waals surface area contributed by atoms with Crippen LogP contribution in [0.5, 0.6) is 0 Å². The molecule has 0 fully saturated rings. The molecule has 1 aliphatic heterocycles. The van der Waals surface area contributed by atoms with Crippen molar-refractivity contribution in [1.29, 1.82) is 0 Å². The Labute approximate surface area is 119 Å². The fraction of sp³-hybridized carbons (Fsp3) is 0.308. The Kier molecular flexibility index (Phi) is 3.43. The van der Waals surface area contributed by atoms with E-state index in [1.165, 1.54) is 12.1 Å². The van der Waals surface area contributed by atoms with Gasteiger partial charge in [-0.05, 0) is 37.1 Å². The van der Waals surface area contributed by atoms with Crippen LogP contribution >= 0.6 is 11.8 Å². The number of rotatable bonds is 2. The number of nitrogens with zero attached hydrogens (tertiary/aromatic N) is 2. The third-order valence-electron chi connectivity index (χ3n) is 3.12. The van der Waals surface area contributed by atoms with Crippen molar-refractivity contribution < 1.29 is 9.18 Å². The standard InChI is InChI=1S/C13H13FN4OS/c1-7-15-12(18-17-7)13(19)16-10-4-5-20-11-3-2-8(14)6-9(10)11/h2-3,6,10H,4-5H2,1H3,(H,16,19)(H,15,17,18). The number of H-pyrrole nitrogens is 1. The second-order valence-corrected chi connectivity index (χ2v) is 5.73. The summed E-state index contributed by atoms with van der Waals surface area (Å²) >= 11 is 1.67. The smallest absolute Gasteiger partial charge is 0.291 e. The summed E-state index contributed by atoms with van der Waals surface area (Å²) in [6.45, 7) is 1.73. The second kappa shape index (κ2) is 5.24. The normalized spacial score (nSPS) is 17.6. The third-order valence-corrected chi connectivity index (χ3v) is 4.24. The van der Waals surface area contributed by atoms with Gasteiger partial charge in [-0.1, -0.05) is 0 Å². The largest absolute Gasteiger partial charge is 0.342 e. The lowest BCUT2D eigenvalue weighted by Crippen LogP contribution is -2.31. The van der Waals surface area contributed by atoms with Gasteiger partial charge in [0.15, 0.2) is 0 Å². The summed E-state index contributed by atoms with van der Waals surface area (Å²) in [5.41, 5.74) is 0.821. The Morgan fingerprint density at radius 3 is 3.15 bits per heavy atom. The molecule has 1 aliphatic rings. The highest BCUT2D eigenvalue weighted by atomic mass is 32.2. The van der Waals surface area contributed by atoms with E-state index < -0.39 is 0 Å². The topological polar surface area (TPSA) is 70.7 Å². The maximum absolute atomic E-state index is 13.4. The molecular weight excluding hydrogens is 279 g/mol. The maximum atomic E-state index is 13.4. The van der Waals surface area contributed by atoms with Gasteiger partial charge >= 0.3 is 0 Å². The van der Waals surface area contributed by atoms with Crippen LogP contribution in [0.25, 0.3) is 0 Å². The number of aryl methyl sites for hydroxylation is 1. The van der Waals surface area contributed by atoms with Crippen LogP contribution in [0.4, 0.5) is 4.39 Å². The predicted molar refractivity (Wildman–Crippen MR) is 73.1 cm³/mol. The number of aromatic nitrogens is 3. The van der Waals surface area contributed by atoms with Gasteiger partial charge in [0.05, 0.1) is 6.04 Å². The fourth-order valence-electron chi connectivity index (χ4n) is 2.18. The number of benzene rings is 1. The molecule has 1 atom stereocenters. The van der Waals surface area contributed by atoms with Crippen molar-refractivity contribution in [2.75, 3.05) is 5.75 Å². The quantitative estimate of drug-likeness (QED) is 0.890. The Morgan fingerprint density at radius 2 is 2.40 bits per heavy atom. The van der Waals surface area contributed by atoms with Crippen LogP contribution in [0.2, 0.25) is 0 Å². The van der Waals surface area contributed by atoms with Gasteiger partial charge < -0.3 is 5.32 Å². The Balaban J connectivity index is 1.82. The number of fused-ring (bicyclic) bond motifs is 1. The summed E-state index contributed by atoms with van der Waals surface area (Å²) in [7, 11) is 0. The van der Waals surface area contributed by atoms with Crippen LogP contribution in [-0.2, 0) is 0 Å². The van der Waals surface area contributed by atoms with Gasteiger partial charge in [-0.25, -0.2) is 9.37 Å². The molecular formula is C13H13FN4OS. The average molecular weight is 292 g/mol. The SMILES string of the molecule is Cc1nc(C(=O)NC2CCSc3ccc(F)cc32)n[nH]1. The predicted octanol–water partition coefficient (Wildman–Crippen LogP) is 2.22. The molecule has 0 spiro atoms. The molecule has 0 bridgehead atoms. The van der Waals surface area contributed by atoms with E-state index in [0.717, 1.165) is 22.6 Å². The first-order chi connectivity index (χ1) is 9.63. The zero-order chi connectivity index (χ0) is 14.1. The highest BCUT2D eigenvalue weighted by Gasteiger charge is 2.24. The second-order valence-electron chi connectivity index (χ2n) is 4.59. The summed E-state index contributed by atoms with van der Waals surface area (Å²) in [5.74, 6) is 0.941. The molecule has 2 aromatic rings. The number of amides is 1. The van der Waals surface area contributed by atoms with Crippen LogP contribution in [0, 0.1) is 12.7 Å². The van der Waals surface area contributed by atoms with Gasteiger partial charge in [0, 0.05) is 10.6 Å². The zero-order valence-electron chi connectivity index (χ0n) is 10.8. The summed E-state index contributed by atoms with van der Waals surface area (Å²) in [6, 6.07) is 4.47. The highest BCUT2D eigenvalue weighted by Crippen LogP contribution is 2.36. The molecule has 1 aromatic heterocycles. The van der Waals surface area contributed by atoms with Crippen LogP contribution in [-0.4, -0.2) is 26.8 Å². The molecule has 3 rings (SSSR count). The number of halogens is 1. The minimum Gasteiger partial charge on any atom is -0.342 e. The molecule has 104 valence electrons. The molecule has 0 saturated carbocycles. The summed E-state index contributed by atoms with van der Waals surface area (Å²) < 4.78 is 13.4. The molecule has 2 heterocycles. The molecule has 5 nitrogen and oxygen atoms in total. The highest BCUT2D eigenvalue weighted by molar-refractivity contribution is 7.99. The van der Waals surface area contributed by atoms with Crippen LogP contribution in [0.15, 0.2) is 23.1 Å². The first-order valence-electron chi connectivity index (χ1n) is 6.25. The number of hydrogen-bond acceptors (Lipinski definition) is 4. The first-order valence-corrected chi connectivity index (χ1v) is 7.24. The Morgan fingerprint density at radius 1 is 1.55 bits per heavy atom. The minimum absolute atomic E-state index is 0.110. The molecule has 7 heteroatoms. The molecule has 1 amide bonds. The number of aromatic amines is 1. The zero-order valence-corrected chi connectivity index (χ0v) is 11.6. The first kappa shape index (κ1) is 13.1. The number of carbonyl (C=O) groups is 1. The van der Waals surface area contributed by atoms with Gasteiger partial charge in [-0.15, -0.1) is 16.9 Å². The van der Waals surface area contributed by atoms with Gasteiger partial charge in [0.1, 0.15) is 11.6 Å². The van der Waals surface area contributed by atoms with E-state index in [9.17, 15) is 9.18 Å². The molecule has 2 N–H and O–H groups in total. The molecule has 1 unspecified atom stereocenters. The van der Waals surface area contributed by atoms with Gasteiger partial charge in [0.25, 0.3) is 5.91 Å². The van der Waals surface area contributed by atoms with E-state index in [-0.39, 0.29) is 23.6 Å². The lowest BCUT2D eigenvalue weighted by molar-refractivity contribution is 0.0924. The van der Waals surface area contributed by atoms with Crippen LogP contribution in [0.3, 0.4) is 0 Å². The summed E-state index contributed by atoms with van der Waals surface area (Å²) in [5, 5.41) is 9.32. The van der Waals surface area contributed by atoms with Crippen molar-refractivity contribution >= 4 is 17.7 Å². The third kappa shape index (κ3) is 2.53. The van der Waals surface area contributed by atoms with Crippen molar-refractivity contribution in [1.82, 2.24) is 20.5 Å². The van der Waals surface area contributed by atoms with Crippen LogP contribution < -0.4 is 5.32 Å². The summed E-state index contributed by atoms with van der Waals surface area (Å²) in [6.07, 6.45) is 0.760. The minimum atomic E-state index is -0.346. The molecule has 20 heavy (non-hydrogen) atoms. The van der Waals surface area contributed by atoms with E-state index in [1.54, 1.807) is 24.8 Å². The van der Waals surface area contributed by atoms with E-state index in [1.807, 2.05) is 0 Å². The van der Waals surface area contributed by atoms with E-state index in [2.05, 4.69) is 20.5 Å². The number of carbonyl (C=O) groups excluding carboxylic acids is 1. The number of thioether (sulfide) groups is 1. The monoisotopic (exact) mass is 292 g/mol. The van der Waals surface area contributed by atoms with Crippen molar-refractivity contribution in [3.63, 3.8) is 0 Å². The van der Waals surface area contributed by atoms with E-state index in [4.69, 9.17) is 0 Å². The molecule has 0 saturated heterocycles. The van der Waals surface area contributed by atoms with Crippen molar-refractivity contribution in [2.24, 2.45) is 0 Å². The van der Waals surface area contributed by atoms with Gasteiger partial charge in [0.2, 0.25) is 5.82 Å². The van der Waals surface area contributed by atoms with Crippen molar-refractivity contribution in [2.45, 2.75) is 24.3 Å². The number of nitrogens with one attached hydrogen (secondary N) is 2. The molecule has 0 aliphatic carbocycles. The average Bonchev–Trinajstić information content (AvgIpc) is 2.86. The van der Waals surface area contributed by atoms with Gasteiger partial charge in [-0.3, -0.25) is 9.89 Å². The molecule has 1 aromatic carbocycles. The summed E-state index contributed by atoms with van der Waals surface area (Å²) in [4.78, 5) is 17.1. The Bertz CT molecular complexity index is 658. The van der Waals surface area contributed by atoms with E-state index >= 15 is 0 Å². The molecule has 0 radical (unpaired) electrons. The Hall–Kier alpha value is -1.89. The maximum Gasteiger partial charge on any atom is 0.291 e. The number of hydrogen-bond donors (Lipinski definition) is 2.